The summed E-state index contributed by atoms with van der Waals surface area (Å²) in [5, 5.41) is 16.4. The highest BCUT2D eigenvalue weighted by Crippen LogP contribution is 2.21. The molecule has 1 aliphatic rings. The molecule has 0 saturated heterocycles. The van der Waals surface area contributed by atoms with Crippen molar-refractivity contribution in [3.63, 3.8) is 0 Å². The Morgan fingerprint density at radius 2 is 1.85 bits per heavy atom. The number of aliphatic hydroxyl groups is 1. The number of ether oxygens (including phenoxy) is 1. The largest absolute Gasteiger partial charge is 0.491 e. The van der Waals surface area contributed by atoms with Gasteiger partial charge in [-0.05, 0) is 57.9 Å². The molecule has 0 aliphatic heterocycles. The van der Waals surface area contributed by atoms with E-state index in [9.17, 15) is 9.90 Å². The highest BCUT2D eigenvalue weighted by Gasteiger charge is 2.18. The third-order valence-electron chi connectivity index (χ3n) is 4.77. The van der Waals surface area contributed by atoms with Gasteiger partial charge in [0.2, 0.25) is 0 Å². The SMILES string of the molecule is CN(C(=O)NC1CCCCC1)c1ccc(OCC(O)CNC(C)(C)C)cc1. The van der Waals surface area contributed by atoms with Crippen LogP contribution in [0.4, 0.5) is 10.5 Å². The van der Waals surface area contributed by atoms with E-state index in [0.717, 1.165) is 18.5 Å². The van der Waals surface area contributed by atoms with Gasteiger partial charge in [-0.1, -0.05) is 19.3 Å². The quantitative estimate of drug-likeness (QED) is 0.682. The molecule has 0 bridgehead atoms. The minimum atomic E-state index is -0.576. The van der Waals surface area contributed by atoms with Crippen LogP contribution in [-0.2, 0) is 0 Å². The summed E-state index contributed by atoms with van der Waals surface area (Å²) in [5.74, 6) is 0.676. The topological polar surface area (TPSA) is 73.8 Å². The minimum absolute atomic E-state index is 0.0363. The van der Waals surface area contributed by atoms with E-state index in [1.807, 2.05) is 24.3 Å². The Bertz CT molecular complexity index is 577. The molecule has 1 aliphatic carbocycles. The van der Waals surface area contributed by atoms with Gasteiger partial charge in [0.15, 0.2) is 0 Å². The Hall–Kier alpha value is -1.79. The molecule has 27 heavy (non-hydrogen) atoms. The van der Waals surface area contributed by atoms with Crippen LogP contribution >= 0.6 is 0 Å². The Kier molecular flexibility index (Phi) is 7.92. The van der Waals surface area contributed by atoms with E-state index in [4.69, 9.17) is 4.74 Å². The third-order valence-corrected chi connectivity index (χ3v) is 4.77. The summed E-state index contributed by atoms with van der Waals surface area (Å²) in [6.07, 6.45) is 5.21. The normalized spacial score (nSPS) is 16.6. The van der Waals surface area contributed by atoms with Crippen LogP contribution in [0.25, 0.3) is 0 Å². The van der Waals surface area contributed by atoms with E-state index < -0.39 is 6.10 Å². The molecule has 1 atom stereocenters. The third kappa shape index (κ3) is 7.77. The molecule has 0 heterocycles. The van der Waals surface area contributed by atoms with Gasteiger partial charge in [-0.3, -0.25) is 4.90 Å². The second-order valence-corrected chi connectivity index (χ2v) is 8.43. The predicted molar refractivity (Wildman–Crippen MR) is 110 cm³/mol. The number of nitrogens with one attached hydrogen (secondary N) is 2. The van der Waals surface area contributed by atoms with Crippen LogP contribution in [0.3, 0.4) is 0 Å². The smallest absolute Gasteiger partial charge is 0.321 e. The summed E-state index contributed by atoms with van der Waals surface area (Å²) in [5.41, 5.74) is 0.774. The molecule has 0 radical (unpaired) electrons. The molecule has 1 aromatic rings. The van der Waals surface area contributed by atoms with Gasteiger partial charge in [0, 0.05) is 30.9 Å². The van der Waals surface area contributed by atoms with Crippen molar-refractivity contribution >= 4 is 11.7 Å². The maximum absolute atomic E-state index is 12.4. The Morgan fingerprint density at radius 1 is 1.22 bits per heavy atom. The number of hydrogen-bond donors (Lipinski definition) is 3. The summed E-state index contributed by atoms with van der Waals surface area (Å²) in [6, 6.07) is 7.58. The number of hydrogen-bond acceptors (Lipinski definition) is 4. The van der Waals surface area contributed by atoms with Crippen molar-refractivity contribution in [2.75, 3.05) is 25.1 Å². The van der Waals surface area contributed by atoms with Crippen LogP contribution < -0.4 is 20.3 Å². The molecule has 2 rings (SSSR count). The van der Waals surface area contributed by atoms with Crippen LogP contribution in [0.2, 0.25) is 0 Å². The molecule has 6 nitrogen and oxygen atoms in total. The fourth-order valence-electron chi connectivity index (χ4n) is 3.08. The molecule has 1 aromatic carbocycles. The number of benzene rings is 1. The standard InChI is InChI=1S/C21H35N3O3/c1-21(2,3)22-14-18(25)15-27-19-12-10-17(11-13-19)24(4)20(26)23-16-8-6-5-7-9-16/h10-13,16,18,22,25H,5-9,14-15H2,1-4H3,(H,23,26). The molecule has 1 saturated carbocycles. The highest BCUT2D eigenvalue weighted by atomic mass is 16.5. The van der Waals surface area contributed by atoms with Crippen LogP contribution in [0.5, 0.6) is 5.75 Å². The first-order valence-electron chi connectivity index (χ1n) is 9.95. The van der Waals surface area contributed by atoms with Crippen molar-refractivity contribution in [3.8, 4) is 5.75 Å². The zero-order valence-electron chi connectivity index (χ0n) is 17.1. The summed E-state index contributed by atoms with van der Waals surface area (Å²) < 4.78 is 5.64. The average Bonchev–Trinajstić information content (AvgIpc) is 2.64. The summed E-state index contributed by atoms with van der Waals surface area (Å²) in [6.45, 7) is 6.87. The number of amides is 2. The number of carbonyl (C=O) groups excluding carboxylic acids is 1. The van der Waals surface area contributed by atoms with E-state index in [1.165, 1.54) is 19.3 Å². The zero-order chi connectivity index (χ0) is 19.9. The molecule has 2 amide bonds. The summed E-state index contributed by atoms with van der Waals surface area (Å²) in [7, 11) is 1.77. The predicted octanol–water partition coefficient (Wildman–Crippen LogP) is 3.29. The van der Waals surface area contributed by atoms with Gasteiger partial charge in [-0.25, -0.2) is 4.79 Å². The van der Waals surface area contributed by atoms with Gasteiger partial charge >= 0.3 is 6.03 Å². The number of urea groups is 1. The lowest BCUT2D eigenvalue weighted by Crippen LogP contribution is -2.43. The molecular formula is C21H35N3O3. The van der Waals surface area contributed by atoms with E-state index in [1.54, 1.807) is 11.9 Å². The van der Waals surface area contributed by atoms with Crippen LogP contribution in [-0.4, -0.2) is 49.0 Å². The van der Waals surface area contributed by atoms with Crippen LogP contribution in [0, 0.1) is 0 Å². The number of nitrogens with zero attached hydrogens (tertiary/aromatic N) is 1. The molecular weight excluding hydrogens is 342 g/mol. The van der Waals surface area contributed by atoms with Gasteiger partial charge in [0.1, 0.15) is 18.5 Å². The Balaban J connectivity index is 1.78. The van der Waals surface area contributed by atoms with Crippen LogP contribution in [0.1, 0.15) is 52.9 Å². The molecule has 1 unspecified atom stereocenters. The molecule has 152 valence electrons. The summed E-state index contributed by atoms with van der Waals surface area (Å²) in [4.78, 5) is 14.0. The first kappa shape index (κ1) is 21.5. The molecule has 1 fully saturated rings. The molecule has 3 N–H and O–H groups in total. The maximum Gasteiger partial charge on any atom is 0.321 e. The van der Waals surface area contributed by atoms with Crippen molar-refractivity contribution in [2.45, 2.75) is 70.6 Å². The lowest BCUT2D eigenvalue weighted by Gasteiger charge is -2.26. The molecule has 0 aromatic heterocycles. The minimum Gasteiger partial charge on any atom is -0.491 e. The van der Waals surface area contributed by atoms with Gasteiger partial charge in [-0.2, -0.15) is 0 Å². The molecule has 0 spiro atoms. The van der Waals surface area contributed by atoms with Gasteiger partial charge in [0.05, 0.1) is 0 Å². The number of anilines is 1. The van der Waals surface area contributed by atoms with E-state index in [-0.39, 0.29) is 18.2 Å². The van der Waals surface area contributed by atoms with Crippen molar-refractivity contribution in [2.24, 2.45) is 0 Å². The fourth-order valence-corrected chi connectivity index (χ4v) is 3.08. The number of β-amino-alcohol motifs (C(OH)–C–C–N with tert-alkyl or cyclic N) is 1. The maximum atomic E-state index is 12.4. The van der Waals surface area contributed by atoms with Gasteiger partial charge in [0.25, 0.3) is 0 Å². The zero-order valence-corrected chi connectivity index (χ0v) is 17.1. The van der Waals surface area contributed by atoms with Crippen molar-refractivity contribution in [1.29, 1.82) is 0 Å². The Morgan fingerprint density at radius 3 is 2.44 bits per heavy atom. The number of aliphatic hydroxyl groups excluding tert-OH is 1. The monoisotopic (exact) mass is 377 g/mol. The highest BCUT2D eigenvalue weighted by molar-refractivity contribution is 5.91. The average molecular weight is 378 g/mol. The second-order valence-electron chi connectivity index (χ2n) is 8.43. The first-order chi connectivity index (χ1) is 12.7. The Labute approximate surface area is 163 Å². The fraction of sp³-hybridized carbons (Fsp3) is 0.667. The van der Waals surface area contributed by atoms with Crippen molar-refractivity contribution in [1.82, 2.24) is 10.6 Å². The molecule has 6 heteroatoms. The first-order valence-corrected chi connectivity index (χ1v) is 9.95. The van der Waals surface area contributed by atoms with Crippen LogP contribution in [0.15, 0.2) is 24.3 Å². The van der Waals surface area contributed by atoms with Gasteiger partial charge in [-0.15, -0.1) is 0 Å². The lowest BCUT2D eigenvalue weighted by atomic mass is 9.96. The second kappa shape index (κ2) is 9.95. The van der Waals surface area contributed by atoms with Crippen molar-refractivity contribution in [3.05, 3.63) is 24.3 Å². The lowest BCUT2D eigenvalue weighted by molar-refractivity contribution is 0.100. The van der Waals surface area contributed by atoms with E-state index in [2.05, 4.69) is 31.4 Å². The number of rotatable bonds is 7. The van der Waals surface area contributed by atoms with Gasteiger partial charge < -0.3 is 20.5 Å². The summed E-state index contributed by atoms with van der Waals surface area (Å²) >= 11 is 0. The van der Waals surface area contributed by atoms with Crippen molar-refractivity contribution < 1.29 is 14.6 Å². The number of carbonyl (C=O) groups is 1. The van der Waals surface area contributed by atoms with E-state index >= 15 is 0 Å². The van der Waals surface area contributed by atoms with E-state index in [0.29, 0.717) is 18.3 Å².